The molecular weight excluding hydrogens is 179 g/mol. The lowest BCUT2D eigenvalue weighted by molar-refractivity contribution is 0.198. The third-order valence-corrected chi connectivity index (χ3v) is 2.12. The zero-order valence-electron chi connectivity index (χ0n) is 6.94. The molecule has 0 aliphatic heterocycles. The van der Waals surface area contributed by atoms with Crippen molar-refractivity contribution in [2.45, 2.75) is 20.0 Å². The Labute approximate surface area is 75.8 Å². The molecule has 0 radical (unpaired) electrons. The smallest absolute Gasteiger partial charge is 0.145 e. The van der Waals surface area contributed by atoms with E-state index in [0.29, 0.717) is 11.1 Å². The maximum Gasteiger partial charge on any atom is 0.145 e. The van der Waals surface area contributed by atoms with E-state index in [2.05, 4.69) is 0 Å². The molecule has 1 rings (SSSR count). The molecule has 1 atom stereocenters. The summed E-state index contributed by atoms with van der Waals surface area (Å²) in [7, 11) is 0. The maximum absolute atomic E-state index is 13.1. The summed E-state index contributed by atoms with van der Waals surface area (Å²) in [5.74, 6) is -0.449. The Balaban J connectivity index is 3.27. The Kier molecular flexibility index (Phi) is 2.70. The molecular formula is C9H10ClFO. The summed E-state index contributed by atoms with van der Waals surface area (Å²) in [6.07, 6.45) is -0.656. The second-order valence-electron chi connectivity index (χ2n) is 2.75. The fourth-order valence-electron chi connectivity index (χ4n) is 1.12. The summed E-state index contributed by atoms with van der Waals surface area (Å²) in [6, 6.07) is 3.08. The van der Waals surface area contributed by atoms with E-state index in [4.69, 9.17) is 11.6 Å². The molecule has 0 saturated carbocycles. The van der Waals surface area contributed by atoms with Crippen LogP contribution in [-0.4, -0.2) is 5.11 Å². The molecule has 1 aromatic rings. The van der Waals surface area contributed by atoms with Crippen LogP contribution in [0.5, 0.6) is 0 Å². The van der Waals surface area contributed by atoms with Crippen molar-refractivity contribution >= 4 is 11.6 Å². The number of hydrogen-bond acceptors (Lipinski definition) is 1. The van der Waals surface area contributed by atoms with Crippen LogP contribution in [0.3, 0.4) is 0 Å². The van der Waals surface area contributed by atoms with Gasteiger partial charge in [0.2, 0.25) is 0 Å². The predicted molar refractivity (Wildman–Crippen MR) is 46.8 cm³/mol. The molecule has 1 unspecified atom stereocenters. The molecule has 1 nitrogen and oxygen atoms in total. The normalized spacial score (nSPS) is 13.1. The van der Waals surface area contributed by atoms with Gasteiger partial charge >= 0.3 is 0 Å². The van der Waals surface area contributed by atoms with Crippen LogP contribution in [-0.2, 0) is 0 Å². The second kappa shape index (κ2) is 3.42. The Hall–Kier alpha value is -0.600. The maximum atomic E-state index is 13.1. The van der Waals surface area contributed by atoms with Gasteiger partial charge in [-0.25, -0.2) is 4.39 Å². The van der Waals surface area contributed by atoms with Gasteiger partial charge in [-0.1, -0.05) is 17.7 Å². The second-order valence-corrected chi connectivity index (χ2v) is 3.16. The monoisotopic (exact) mass is 188 g/mol. The van der Waals surface area contributed by atoms with Gasteiger partial charge in [0.15, 0.2) is 0 Å². The lowest BCUT2D eigenvalue weighted by atomic mass is 10.0. The van der Waals surface area contributed by atoms with Gasteiger partial charge in [0.25, 0.3) is 0 Å². The molecule has 12 heavy (non-hydrogen) atoms. The lowest BCUT2D eigenvalue weighted by Gasteiger charge is -2.09. The number of rotatable bonds is 1. The Morgan fingerprint density at radius 1 is 1.50 bits per heavy atom. The van der Waals surface area contributed by atoms with E-state index in [0.717, 1.165) is 0 Å². The van der Waals surface area contributed by atoms with E-state index in [-0.39, 0.29) is 5.02 Å². The minimum absolute atomic E-state index is 0.0944. The van der Waals surface area contributed by atoms with Gasteiger partial charge in [-0.05, 0) is 31.0 Å². The summed E-state index contributed by atoms with van der Waals surface area (Å²) in [5, 5.41) is 9.30. The van der Waals surface area contributed by atoms with E-state index in [9.17, 15) is 9.50 Å². The first-order valence-corrected chi connectivity index (χ1v) is 4.04. The van der Waals surface area contributed by atoms with E-state index >= 15 is 0 Å². The number of halogens is 2. The first-order chi connectivity index (χ1) is 5.54. The van der Waals surface area contributed by atoms with Gasteiger partial charge in [0.1, 0.15) is 5.82 Å². The molecule has 0 amide bonds. The number of aliphatic hydroxyl groups excluding tert-OH is 1. The van der Waals surface area contributed by atoms with Crippen molar-refractivity contribution < 1.29 is 9.50 Å². The van der Waals surface area contributed by atoms with Crippen molar-refractivity contribution in [3.8, 4) is 0 Å². The first-order valence-electron chi connectivity index (χ1n) is 3.66. The fraction of sp³-hybridized carbons (Fsp3) is 0.333. The zero-order chi connectivity index (χ0) is 9.30. The van der Waals surface area contributed by atoms with E-state index in [1.54, 1.807) is 19.9 Å². The van der Waals surface area contributed by atoms with Crippen LogP contribution in [0, 0.1) is 12.7 Å². The SMILES string of the molecule is Cc1c(C(C)O)ccc(Cl)c1F. The van der Waals surface area contributed by atoms with Crippen molar-refractivity contribution in [2.24, 2.45) is 0 Å². The Morgan fingerprint density at radius 2 is 2.08 bits per heavy atom. The minimum Gasteiger partial charge on any atom is -0.389 e. The van der Waals surface area contributed by atoms with Crippen molar-refractivity contribution in [1.29, 1.82) is 0 Å². The highest BCUT2D eigenvalue weighted by Gasteiger charge is 2.10. The van der Waals surface area contributed by atoms with E-state index < -0.39 is 11.9 Å². The highest BCUT2D eigenvalue weighted by atomic mass is 35.5. The predicted octanol–water partition coefficient (Wildman–Crippen LogP) is 2.84. The molecule has 3 heteroatoms. The minimum atomic E-state index is -0.656. The summed E-state index contributed by atoms with van der Waals surface area (Å²) in [5.41, 5.74) is 0.995. The van der Waals surface area contributed by atoms with Crippen LogP contribution in [0.4, 0.5) is 4.39 Å². The lowest BCUT2D eigenvalue weighted by Crippen LogP contribution is -1.97. The molecule has 1 N–H and O–H groups in total. The van der Waals surface area contributed by atoms with Gasteiger partial charge in [-0.15, -0.1) is 0 Å². The van der Waals surface area contributed by atoms with Crippen molar-refractivity contribution in [2.75, 3.05) is 0 Å². The van der Waals surface area contributed by atoms with Crippen LogP contribution < -0.4 is 0 Å². The van der Waals surface area contributed by atoms with Gasteiger partial charge < -0.3 is 5.11 Å². The molecule has 0 aliphatic rings. The number of hydrogen-bond donors (Lipinski definition) is 1. The van der Waals surface area contributed by atoms with Crippen LogP contribution in [0.15, 0.2) is 12.1 Å². The highest BCUT2D eigenvalue weighted by molar-refractivity contribution is 6.30. The molecule has 0 heterocycles. The van der Waals surface area contributed by atoms with Crippen molar-refractivity contribution in [3.05, 3.63) is 34.1 Å². The molecule has 0 saturated heterocycles. The quantitative estimate of drug-likeness (QED) is 0.719. The highest BCUT2D eigenvalue weighted by Crippen LogP contribution is 2.24. The van der Waals surface area contributed by atoms with E-state index in [1.807, 2.05) is 0 Å². The van der Waals surface area contributed by atoms with Gasteiger partial charge in [-0.2, -0.15) is 0 Å². The van der Waals surface area contributed by atoms with Crippen molar-refractivity contribution in [3.63, 3.8) is 0 Å². The molecule has 1 aromatic carbocycles. The van der Waals surface area contributed by atoms with Gasteiger partial charge in [-0.3, -0.25) is 0 Å². The molecule has 0 aliphatic carbocycles. The van der Waals surface area contributed by atoms with Crippen LogP contribution >= 0.6 is 11.6 Å². The largest absolute Gasteiger partial charge is 0.389 e. The summed E-state index contributed by atoms with van der Waals surface area (Å²) in [4.78, 5) is 0. The van der Waals surface area contributed by atoms with Gasteiger partial charge in [0, 0.05) is 0 Å². The third kappa shape index (κ3) is 1.59. The summed E-state index contributed by atoms with van der Waals surface area (Å²) >= 11 is 5.53. The molecule has 0 fully saturated rings. The Morgan fingerprint density at radius 3 is 2.58 bits per heavy atom. The average molecular weight is 189 g/mol. The number of benzene rings is 1. The van der Waals surface area contributed by atoms with Gasteiger partial charge in [0.05, 0.1) is 11.1 Å². The summed E-state index contributed by atoms with van der Waals surface area (Å²) in [6.45, 7) is 3.19. The summed E-state index contributed by atoms with van der Waals surface area (Å²) < 4.78 is 13.1. The van der Waals surface area contributed by atoms with Crippen molar-refractivity contribution in [1.82, 2.24) is 0 Å². The molecule has 0 aromatic heterocycles. The first kappa shape index (κ1) is 9.49. The van der Waals surface area contributed by atoms with Crippen LogP contribution in [0.25, 0.3) is 0 Å². The zero-order valence-corrected chi connectivity index (χ0v) is 7.69. The third-order valence-electron chi connectivity index (χ3n) is 1.83. The standard InChI is InChI=1S/C9H10ClFO/c1-5-7(6(2)12)3-4-8(10)9(5)11/h3-4,6,12H,1-2H3. The van der Waals surface area contributed by atoms with Crippen LogP contribution in [0.1, 0.15) is 24.2 Å². The Bertz CT molecular complexity index is 297. The molecule has 0 spiro atoms. The fourth-order valence-corrected chi connectivity index (χ4v) is 1.32. The average Bonchev–Trinajstić information content (AvgIpc) is 2.00. The van der Waals surface area contributed by atoms with Crippen LogP contribution in [0.2, 0.25) is 5.02 Å². The number of aliphatic hydroxyl groups is 1. The van der Waals surface area contributed by atoms with E-state index in [1.165, 1.54) is 6.07 Å². The topological polar surface area (TPSA) is 20.2 Å². The molecule has 66 valence electrons. The molecule has 0 bridgehead atoms.